The van der Waals surface area contributed by atoms with Crippen LogP contribution in [0.5, 0.6) is 0 Å². The molecule has 0 radical (unpaired) electrons. The molecule has 0 aromatic carbocycles. The molecule has 0 saturated carbocycles. The molecule has 2 unspecified atom stereocenters. The number of hydrogen-bond acceptors (Lipinski definition) is 5. The minimum absolute atomic E-state index is 0.00260. The third-order valence-electron chi connectivity index (χ3n) is 4.80. The number of hydrogen-bond donors (Lipinski definition) is 0. The highest BCUT2D eigenvalue weighted by molar-refractivity contribution is 9.09. The number of Topliss-reactive ketones (excluding diaryl/α,β-unsaturated/α-hetero) is 1. The van der Waals surface area contributed by atoms with Crippen LogP contribution >= 0.6 is 39.4 Å². The number of nitrogens with zero attached hydrogens (tertiary/aromatic N) is 2. The molecule has 0 spiro atoms. The highest BCUT2D eigenvalue weighted by atomic mass is 79.9. The molecule has 156 valence electrons. The third kappa shape index (κ3) is 4.54. The second-order valence-corrected chi connectivity index (χ2v) is 11.2. The summed E-state index contributed by atoms with van der Waals surface area (Å²) in [6.45, 7) is 2.42. The molecule has 0 aliphatic heterocycles. The number of rotatable bonds is 10. The van der Waals surface area contributed by atoms with E-state index in [9.17, 15) is 14.2 Å². The fourth-order valence-corrected chi connectivity index (χ4v) is 7.32. The van der Waals surface area contributed by atoms with Crippen molar-refractivity contribution in [1.82, 2.24) is 9.24 Å². The molecule has 28 heavy (non-hydrogen) atoms. The molecule has 0 N–H and O–H groups in total. The van der Waals surface area contributed by atoms with Crippen LogP contribution in [0.3, 0.4) is 0 Å². The van der Waals surface area contributed by atoms with E-state index < -0.39 is 7.52 Å². The molecule has 7 nitrogen and oxygen atoms in total. The van der Waals surface area contributed by atoms with Crippen molar-refractivity contribution >= 4 is 50.9 Å². The van der Waals surface area contributed by atoms with Crippen LogP contribution in [-0.2, 0) is 27.5 Å². The van der Waals surface area contributed by atoms with Gasteiger partial charge in [0.05, 0.1) is 19.3 Å². The largest absolute Gasteiger partial charge is 0.492 e. The molecule has 0 amide bonds. The Labute approximate surface area is 182 Å². The summed E-state index contributed by atoms with van der Waals surface area (Å²) in [6.07, 6.45) is 3.56. The molecule has 2 atom stereocenters. The van der Waals surface area contributed by atoms with E-state index >= 15 is 0 Å². The Morgan fingerprint density at radius 1 is 1.29 bits per heavy atom. The lowest BCUT2D eigenvalue weighted by atomic mass is 9.97. The Bertz CT molecular complexity index is 820. The Morgan fingerprint density at radius 2 is 1.96 bits per heavy atom. The summed E-state index contributed by atoms with van der Waals surface area (Å²) < 4.78 is 28.0. The van der Waals surface area contributed by atoms with E-state index in [0.717, 1.165) is 0 Å². The second kappa shape index (κ2) is 9.85. The second-order valence-electron chi connectivity index (χ2n) is 6.63. The minimum Gasteiger partial charge on any atom is -0.492 e. The van der Waals surface area contributed by atoms with Crippen molar-refractivity contribution in [3.8, 4) is 0 Å². The molecular formula is C18H25Br2N2O5P. The first-order valence-corrected chi connectivity index (χ1v) is 12.7. The van der Waals surface area contributed by atoms with Gasteiger partial charge in [0, 0.05) is 47.7 Å². The molecule has 1 aliphatic rings. The SMILES string of the molecule is COC1=CC(=O)c2c(c(COP(=O)(C(C)CCBr)N(C)CCBr)cn2C)C1=O. The normalized spacial score (nSPS) is 17.3. The van der Waals surface area contributed by atoms with Gasteiger partial charge < -0.3 is 13.8 Å². The summed E-state index contributed by atoms with van der Waals surface area (Å²) in [5.74, 6) is -0.668. The molecule has 2 rings (SSSR count). The monoisotopic (exact) mass is 538 g/mol. The smallest absolute Gasteiger partial charge is 0.275 e. The molecule has 1 aromatic rings. The fourth-order valence-electron chi connectivity index (χ4n) is 3.19. The van der Waals surface area contributed by atoms with E-state index in [2.05, 4.69) is 31.9 Å². The van der Waals surface area contributed by atoms with Crippen molar-refractivity contribution in [2.24, 2.45) is 7.05 Å². The number of halogens is 2. The van der Waals surface area contributed by atoms with E-state index in [1.165, 1.54) is 13.2 Å². The topological polar surface area (TPSA) is 77.8 Å². The number of fused-ring (bicyclic) bond motifs is 1. The highest BCUT2D eigenvalue weighted by Gasteiger charge is 2.37. The summed E-state index contributed by atoms with van der Waals surface area (Å²) in [7, 11) is 1.66. The number of ether oxygens (including phenoxy) is 1. The van der Waals surface area contributed by atoms with Crippen LogP contribution in [0.1, 0.15) is 39.8 Å². The first-order valence-electron chi connectivity index (χ1n) is 8.81. The van der Waals surface area contributed by atoms with Gasteiger partial charge in [0.2, 0.25) is 11.6 Å². The van der Waals surface area contributed by atoms with Crippen LogP contribution in [0.4, 0.5) is 0 Å². The Morgan fingerprint density at radius 3 is 2.54 bits per heavy atom. The van der Waals surface area contributed by atoms with Gasteiger partial charge in [-0.25, -0.2) is 4.67 Å². The van der Waals surface area contributed by atoms with Crippen LogP contribution < -0.4 is 0 Å². The molecule has 1 aliphatic carbocycles. The highest BCUT2D eigenvalue weighted by Crippen LogP contribution is 2.56. The zero-order valence-corrected chi connectivity index (χ0v) is 20.5. The van der Waals surface area contributed by atoms with E-state index in [1.54, 1.807) is 29.5 Å². The number of methoxy groups -OCH3 is 1. The van der Waals surface area contributed by atoms with E-state index in [1.807, 2.05) is 6.92 Å². The van der Waals surface area contributed by atoms with Crippen molar-refractivity contribution in [3.63, 3.8) is 0 Å². The predicted octanol–water partition coefficient (Wildman–Crippen LogP) is 4.14. The number of allylic oxidation sites excluding steroid dienone is 2. The molecule has 0 bridgehead atoms. The van der Waals surface area contributed by atoms with Crippen LogP contribution in [0.2, 0.25) is 0 Å². The van der Waals surface area contributed by atoms with Crippen molar-refractivity contribution < 1.29 is 23.4 Å². The molecule has 1 heterocycles. The molecule has 10 heteroatoms. The number of aromatic nitrogens is 1. The van der Waals surface area contributed by atoms with Crippen LogP contribution in [-0.4, -0.2) is 57.8 Å². The third-order valence-corrected chi connectivity index (χ3v) is 8.63. The maximum Gasteiger partial charge on any atom is 0.275 e. The van der Waals surface area contributed by atoms with Gasteiger partial charge in [0.25, 0.3) is 7.52 Å². The number of ketones is 2. The summed E-state index contributed by atoms with van der Waals surface area (Å²) in [5.41, 5.74) is 0.885. The number of alkyl halides is 2. The first kappa shape index (κ1) is 23.5. The first-order chi connectivity index (χ1) is 13.2. The average Bonchev–Trinajstić information content (AvgIpc) is 3.00. The van der Waals surface area contributed by atoms with Crippen LogP contribution in [0, 0.1) is 0 Å². The lowest BCUT2D eigenvalue weighted by Crippen LogP contribution is -2.25. The van der Waals surface area contributed by atoms with Crippen molar-refractivity contribution in [2.75, 3.05) is 31.4 Å². The van der Waals surface area contributed by atoms with E-state index in [-0.39, 0.29) is 35.2 Å². The molecular weight excluding hydrogens is 515 g/mol. The Kier molecular flexibility index (Phi) is 8.28. The number of carbonyl (C=O) groups is 2. The van der Waals surface area contributed by atoms with Gasteiger partial charge in [-0.1, -0.05) is 38.8 Å². The maximum atomic E-state index is 13.7. The number of aryl methyl sites for hydroxylation is 1. The van der Waals surface area contributed by atoms with Gasteiger partial charge in [-0.05, 0) is 13.5 Å². The summed E-state index contributed by atoms with van der Waals surface area (Å²) in [4.78, 5) is 25.1. The van der Waals surface area contributed by atoms with Gasteiger partial charge >= 0.3 is 0 Å². The Hall–Kier alpha value is -0.730. The van der Waals surface area contributed by atoms with Crippen molar-refractivity contribution in [2.45, 2.75) is 25.6 Å². The number of carbonyl (C=O) groups excluding carboxylic acids is 2. The standard InChI is InChI=1S/C18H25Br2N2O5P/c1-12(5-6-19)28(25,22(3)8-7-20)27-11-13-10-21(2)17-14(23)9-15(26-4)18(24)16(13)17/h9-10,12H,5-8,11H2,1-4H3. The Balaban J connectivity index is 2.36. The summed E-state index contributed by atoms with van der Waals surface area (Å²) in [6, 6.07) is 0. The van der Waals surface area contributed by atoms with E-state index in [0.29, 0.717) is 34.9 Å². The maximum absolute atomic E-state index is 13.7. The fraction of sp³-hybridized carbons (Fsp3) is 0.556. The molecule has 0 saturated heterocycles. The summed E-state index contributed by atoms with van der Waals surface area (Å²) in [5, 5.41) is 1.37. The van der Waals surface area contributed by atoms with Gasteiger partial charge in [0.1, 0.15) is 5.69 Å². The van der Waals surface area contributed by atoms with Gasteiger partial charge in [0.15, 0.2) is 5.76 Å². The lowest BCUT2D eigenvalue weighted by molar-refractivity contribution is 0.0912. The quantitative estimate of drug-likeness (QED) is 0.328. The minimum atomic E-state index is -3.16. The van der Waals surface area contributed by atoms with Crippen molar-refractivity contribution in [3.05, 3.63) is 34.9 Å². The average molecular weight is 540 g/mol. The zero-order valence-electron chi connectivity index (χ0n) is 16.4. The van der Waals surface area contributed by atoms with Crippen LogP contribution in [0.15, 0.2) is 18.0 Å². The molecule has 0 fully saturated rings. The zero-order chi connectivity index (χ0) is 21.1. The van der Waals surface area contributed by atoms with Gasteiger partial charge in [-0.3, -0.25) is 14.2 Å². The van der Waals surface area contributed by atoms with Crippen LogP contribution in [0.25, 0.3) is 0 Å². The predicted molar refractivity (Wildman–Crippen MR) is 116 cm³/mol. The lowest BCUT2D eigenvalue weighted by Gasteiger charge is -2.32. The summed E-state index contributed by atoms with van der Waals surface area (Å²) >= 11 is 6.77. The molecule has 1 aromatic heterocycles. The van der Waals surface area contributed by atoms with E-state index in [4.69, 9.17) is 9.26 Å². The van der Waals surface area contributed by atoms with Gasteiger partial charge in [-0.2, -0.15) is 0 Å². The van der Waals surface area contributed by atoms with Gasteiger partial charge in [-0.15, -0.1) is 0 Å². The van der Waals surface area contributed by atoms with Crippen molar-refractivity contribution in [1.29, 1.82) is 0 Å².